The Morgan fingerprint density at radius 1 is 0.606 bits per heavy atom. The first-order valence-electron chi connectivity index (χ1n) is 21.1. The number of imidazole rings is 1. The fraction of sp³-hybridized carbons (Fsp3) is 0.388. The minimum atomic E-state index is -4.68. The number of carboxylic acids is 2. The zero-order valence-electron chi connectivity index (χ0n) is 40.9. The number of nitrogens with zero attached hydrogens (tertiary/aromatic N) is 3. The Morgan fingerprint density at radius 3 is 1.30 bits per heavy atom. The number of aliphatic carboxylic acids is 2. The maximum Gasteiger partial charge on any atom is 0.404 e. The zero-order valence-corrected chi connectivity index (χ0v) is 40.9. The van der Waals surface area contributed by atoms with Crippen molar-refractivity contribution >= 4 is 29.7 Å². The summed E-state index contributed by atoms with van der Waals surface area (Å²) in [4.78, 5) is 57.9. The smallest absolute Gasteiger partial charge is 0.404 e. The number of nitrogens with one attached hydrogen (secondary N) is 2. The summed E-state index contributed by atoms with van der Waals surface area (Å²) < 4.78 is 95.8. The Balaban J connectivity index is 0.000000395. The van der Waals surface area contributed by atoms with Gasteiger partial charge in [0.1, 0.15) is 41.8 Å². The van der Waals surface area contributed by atoms with Crippen molar-refractivity contribution in [3.63, 3.8) is 0 Å². The molecule has 386 valence electrons. The van der Waals surface area contributed by atoms with Crippen molar-refractivity contribution in [2.45, 2.75) is 80.1 Å². The van der Waals surface area contributed by atoms with Gasteiger partial charge in [0.05, 0.1) is 36.4 Å². The van der Waals surface area contributed by atoms with Gasteiger partial charge in [-0.25, -0.2) is 4.98 Å². The van der Waals surface area contributed by atoms with Crippen LogP contribution in [0.1, 0.15) is 73.6 Å². The Bertz CT molecular complexity index is 2550. The van der Waals surface area contributed by atoms with Crippen LogP contribution in [0.25, 0.3) is 33.9 Å². The molecule has 0 unspecified atom stereocenters. The summed E-state index contributed by atoms with van der Waals surface area (Å²) in [5.41, 5.74) is 3.61. The molecule has 3 aromatic heterocycles. The summed E-state index contributed by atoms with van der Waals surface area (Å²) in [6, 6.07) is 21.7. The molecule has 0 aliphatic heterocycles. The van der Waals surface area contributed by atoms with Gasteiger partial charge in [0.15, 0.2) is 5.41 Å². The number of carbonyl (C=O) groups excluding carboxylic acids is 2. The molecule has 22 heteroatoms. The highest BCUT2D eigenvalue weighted by Crippen LogP contribution is 2.40. The molecule has 6 N–H and O–H groups in total. The normalized spacial score (nSPS) is 11.7. The van der Waals surface area contributed by atoms with Crippen molar-refractivity contribution in [3.05, 3.63) is 103 Å². The molecule has 5 aromatic rings. The predicted molar refractivity (Wildman–Crippen MR) is 250 cm³/mol. The molecule has 0 amide bonds. The van der Waals surface area contributed by atoms with Crippen LogP contribution in [0, 0.1) is 21.7 Å². The number of carbonyl (C=O) groups is 4. The van der Waals surface area contributed by atoms with Crippen molar-refractivity contribution < 1.29 is 74.7 Å². The number of methoxy groups -OCH3 is 2. The van der Waals surface area contributed by atoms with Crippen LogP contribution in [0.5, 0.6) is 11.5 Å². The van der Waals surface area contributed by atoms with E-state index in [4.69, 9.17) is 45.1 Å². The maximum atomic E-state index is 13.3. The second kappa shape index (κ2) is 24.4. The van der Waals surface area contributed by atoms with Crippen molar-refractivity contribution in [2.75, 3.05) is 27.4 Å². The summed E-state index contributed by atoms with van der Waals surface area (Å²) in [6.07, 6.45) is -4.75. The van der Waals surface area contributed by atoms with Crippen LogP contribution in [0.15, 0.2) is 91.4 Å². The van der Waals surface area contributed by atoms with Crippen molar-refractivity contribution in [1.29, 1.82) is 5.41 Å². The number of nitrogen functional groups attached to an aromatic ring is 1. The highest BCUT2D eigenvalue weighted by Gasteiger charge is 2.53. The van der Waals surface area contributed by atoms with Gasteiger partial charge in [0.25, 0.3) is 5.97 Å². The van der Waals surface area contributed by atoms with Gasteiger partial charge >= 0.3 is 30.3 Å². The number of H-pyrrole nitrogens is 1. The third-order valence-corrected chi connectivity index (χ3v) is 10.3. The number of pyridine rings is 2. The number of carboxylic acid groups (broad SMARTS) is 2. The van der Waals surface area contributed by atoms with E-state index in [2.05, 4.69) is 19.9 Å². The quantitative estimate of drug-likeness (QED) is 0.0301. The first-order valence-corrected chi connectivity index (χ1v) is 21.1. The van der Waals surface area contributed by atoms with Gasteiger partial charge in [-0.1, -0.05) is 0 Å². The standard InChI is InChI=1S/C24H26F3N3O3.C18H21N3O3.C5H7F3O2.C2H4O2/c1-22(2,21(31)32-5)14-33-17-9-6-15(7-10-17)18-11-8-16(12-28-18)20-29-13-19(30-20)23(3,4)24(25,26)27;1-18(2,17(22)23-3)11-24-14-7-4-12(5-8-14)15-9-6-13(10-21-15)16(19)20;1-4(2,3(9)10)5(6,7)8;1-2(3)4/h6-13H,14H2,1-5H3,(H,29,30);4-10H,11H2,1-3H3,(H3,19,20);1-2H3,(H,9,10);1H3,(H,3,4). The number of benzene rings is 2. The Kier molecular flexibility index (Phi) is 20.4. The first-order chi connectivity index (χ1) is 32.6. The molecule has 3 heterocycles. The SMILES string of the molecule is CC(=O)O.CC(C)(C(=O)O)C(F)(F)F.COC(=O)C(C)(C)COc1ccc(-c2ccc(-c3ncc(C(C)(C)C(F)(F)F)[nH]3)cn2)cc1.COC(=O)C(C)(C)COc1ccc(-c2ccc(C(=N)N)cn2)cc1. The molecule has 0 radical (unpaired) electrons. The topological polar surface area (TPSA) is 250 Å². The highest BCUT2D eigenvalue weighted by molar-refractivity contribution is 5.94. The minimum Gasteiger partial charge on any atom is -0.492 e. The van der Waals surface area contributed by atoms with Gasteiger partial charge in [0.2, 0.25) is 0 Å². The molecule has 5 rings (SSSR count). The van der Waals surface area contributed by atoms with E-state index < -0.39 is 46.0 Å². The molecule has 0 aliphatic carbocycles. The van der Waals surface area contributed by atoms with Gasteiger partial charge in [-0.2, -0.15) is 26.3 Å². The van der Waals surface area contributed by atoms with Crippen LogP contribution < -0.4 is 15.2 Å². The number of aromatic nitrogens is 4. The fourth-order valence-corrected chi connectivity index (χ4v) is 5.13. The van der Waals surface area contributed by atoms with E-state index in [-0.39, 0.29) is 36.7 Å². The van der Waals surface area contributed by atoms with Gasteiger partial charge in [0, 0.05) is 53.5 Å². The van der Waals surface area contributed by atoms with Crippen molar-refractivity contribution in [1.82, 2.24) is 19.9 Å². The monoisotopic (exact) mass is 1000 g/mol. The first kappa shape index (κ1) is 59.6. The zero-order chi connectivity index (χ0) is 54.3. The molecule has 0 fully saturated rings. The molecule has 0 bridgehead atoms. The minimum absolute atomic E-state index is 0.00832. The molecule has 16 nitrogen and oxygen atoms in total. The predicted octanol–water partition coefficient (Wildman–Crippen LogP) is 9.92. The van der Waals surface area contributed by atoms with Gasteiger partial charge < -0.3 is 39.9 Å². The average Bonchev–Trinajstić information content (AvgIpc) is 3.81. The molecule has 0 saturated heterocycles. The molecule has 2 aromatic carbocycles. The van der Waals surface area contributed by atoms with Crippen LogP contribution in [0.4, 0.5) is 26.3 Å². The molecular weight excluding hydrogens is 947 g/mol. The number of esters is 2. The van der Waals surface area contributed by atoms with E-state index in [1.807, 2.05) is 42.5 Å². The van der Waals surface area contributed by atoms with Crippen LogP contribution in [0.2, 0.25) is 0 Å². The summed E-state index contributed by atoms with van der Waals surface area (Å²) in [5, 5.41) is 22.8. The van der Waals surface area contributed by atoms with Gasteiger partial charge in [-0.15, -0.1) is 0 Å². The number of amidine groups is 1. The second-order valence-corrected chi connectivity index (χ2v) is 17.9. The van der Waals surface area contributed by atoms with E-state index in [1.165, 1.54) is 20.4 Å². The number of ether oxygens (including phenoxy) is 4. The summed E-state index contributed by atoms with van der Waals surface area (Å²) in [5.74, 6) is -1.79. The molecule has 0 aliphatic rings. The lowest BCUT2D eigenvalue weighted by atomic mass is 9.89. The Labute approximate surface area is 406 Å². The lowest BCUT2D eigenvalue weighted by molar-refractivity contribution is -0.221. The lowest BCUT2D eigenvalue weighted by Gasteiger charge is -2.26. The van der Waals surface area contributed by atoms with Crippen LogP contribution in [-0.4, -0.2) is 99.6 Å². The van der Waals surface area contributed by atoms with Crippen LogP contribution in [0.3, 0.4) is 0 Å². The molecule has 71 heavy (non-hydrogen) atoms. The third-order valence-electron chi connectivity index (χ3n) is 10.3. The number of aromatic amines is 1. The molecular formula is C49H58F6N6O10. The molecule has 0 atom stereocenters. The second-order valence-electron chi connectivity index (χ2n) is 17.9. The Morgan fingerprint density at radius 2 is 1.00 bits per heavy atom. The summed E-state index contributed by atoms with van der Waals surface area (Å²) in [6.45, 7) is 12.0. The largest absolute Gasteiger partial charge is 0.492 e. The number of hydrogen-bond acceptors (Lipinski definition) is 12. The highest BCUT2D eigenvalue weighted by atomic mass is 19.4. The lowest BCUT2D eigenvalue weighted by Crippen LogP contribution is -2.39. The van der Waals surface area contributed by atoms with Crippen LogP contribution in [-0.2, 0) is 34.1 Å². The summed E-state index contributed by atoms with van der Waals surface area (Å²) in [7, 11) is 2.70. The third kappa shape index (κ3) is 17.1. The number of halogens is 6. The Hall–Kier alpha value is -7.52. The van der Waals surface area contributed by atoms with E-state index in [9.17, 15) is 40.7 Å². The van der Waals surface area contributed by atoms with Gasteiger partial charge in [-0.05, 0) is 128 Å². The number of hydrogen-bond donors (Lipinski definition) is 5. The molecule has 0 saturated carbocycles. The maximum absolute atomic E-state index is 13.3. The fourth-order valence-electron chi connectivity index (χ4n) is 5.13. The van der Waals surface area contributed by atoms with Crippen molar-refractivity contribution in [2.24, 2.45) is 22.0 Å². The average molecular weight is 1010 g/mol. The van der Waals surface area contributed by atoms with Crippen LogP contribution >= 0.6 is 0 Å². The van der Waals surface area contributed by atoms with Crippen molar-refractivity contribution in [3.8, 4) is 45.4 Å². The van der Waals surface area contributed by atoms with Gasteiger partial charge in [-0.3, -0.25) is 34.6 Å². The van der Waals surface area contributed by atoms with E-state index >= 15 is 0 Å². The van der Waals surface area contributed by atoms with E-state index in [0.717, 1.165) is 37.6 Å². The molecule has 0 spiro atoms. The number of nitrogens with two attached hydrogens (primary N) is 1. The number of alkyl halides is 6. The summed E-state index contributed by atoms with van der Waals surface area (Å²) >= 11 is 0. The number of rotatable bonds is 14. The van der Waals surface area contributed by atoms with E-state index in [0.29, 0.717) is 48.0 Å². The van der Waals surface area contributed by atoms with E-state index in [1.54, 1.807) is 70.4 Å².